The molecule has 0 fully saturated rings. The van der Waals surface area contributed by atoms with Crippen LogP contribution in [-0.4, -0.2) is 44.4 Å². The number of anilines is 2. The lowest BCUT2D eigenvalue weighted by molar-refractivity contribution is -0.149. The summed E-state index contributed by atoms with van der Waals surface area (Å²) >= 11 is 0. The molecular weight excluding hydrogens is 434 g/mol. The molecule has 0 spiro atoms. The number of aryl methyl sites for hydroxylation is 1. The van der Waals surface area contributed by atoms with E-state index in [1.807, 2.05) is 6.92 Å². The maximum atomic E-state index is 12.9. The Hall–Kier alpha value is -3.24. The van der Waals surface area contributed by atoms with Crippen LogP contribution in [0.1, 0.15) is 26.3 Å². The molecule has 0 aromatic heterocycles. The number of carbonyl (C=O) groups excluding carboxylic acids is 3. The van der Waals surface area contributed by atoms with Crippen molar-refractivity contribution in [3.63, 3.8) is 0 Å². The van der Waals surface area contributed by atoms with Gasteiger partial charge < -0.3 is 10.1 Å². The Balaban J connectivity index is 1.68. The van der Waals surface area contributed by atoms with E-state index in [0.717, 1.165) is 5.56 Å². The predicted molar refractivity (Wildman–Crippen MR) is 119 cm³/mol. The van der Waals surface area contributed by atoms with Crippen molar-refractivity contribution in [3.8, 4) is 0 Å². The minimum atomic E-state index is -3.95. The third-order valence-corrected chi connectivity index (χ3v) is 6.67. The summed E-state index contributed by atoms with van der Waals surface area (Å²) in [5.41, 5.74) is 0.629. The van der Waals surface area contributed by atoms with Crippen molar-refractivity contribution in [2.24, 2.45) is 0 Å². The van der Waals surface area contributed by atoms with E-state index in [4.69, 9.17) is 4.74 Å². The predicted octanol–water partition coefficient (Wildman–Crippen LogP) is 1.97. The highest BCUT2D eigenvalue weighted by Crippen LogP contribution is 2.36. The number of ether oxygens (including phenoxy) is 1. The number of nitrogens with one attached hydrogen (secondary N) is 2. The highest BCUT2D eigenvalue weighted by Gasteiger charge is 2.43. The molecule has 0 saturated heterocycles. The molecule has 9 nitrogen and oxygen atoms in total. The van der Waals surface area contributed by atoms with Gasteiger partial charge in [0.2, 0.25) is 15.9 Å². The molecule has 0 aliphatic carbocycles. The fourth-order valence-corrected chi connectivity index (χ4v) is 4.48. The van der Waals surface area contributed by atoms with Crippen molar-refractivity contribution in [2.45, 2.75) is 44.2 Å². The number of hydrogen-bond donors (Lipinski definition) is 2. The highest BCUT2D eigenvalue weighted by atomic mass is 32.2. The van der Waals surface area contributed by atoms with Crippen LogP contribution < -0.4 is 14.9 Å². The van der Waals surface area contributed by atoms with Gasteiger partial charge in [-0.2, -0.15) is 4.72 Å². The second kappa shape index (κ2) is 8.71. The molecule has 10 heteroatoms. The Bertz CT molecular complexity index is 1160. The average Bonchev–Trinajstić information content (AvgIpc) is 2.72. The lowest BCUT2D eigenvalue weighted by atomic mass is 9.96. The standard InChI is InChI=1S/C22H25N3O6S/c1-14-9-11-16(12-10-14)32(29,30)24-15(2)20(27)31-13-19(26)25-18-8-6-5-7-17(18)23-21(28)22(25,3)4/h5-12,15,24H,13H2,1-4H3,(H,23,28)/t15-/m0/s1. The Morgan fingerprint density at radius 1 is 1.12 bits per heavy atom. The van der Waals surface area contributed by atoms with Crippen molar-refractivity contribution >= 4 is 39.2 Å². The van der Waals surface area contributed by atoms with Crippen LogP contribution in [-0.2, 0) is 29.1 Å². The Kier molecular flexibility index (Phi) is 6.38. The SMILES string of the molecule is Cc1ccc(S(=O)(=O)N[C@@H](C)C(=O)OCC(=O)N2c3ccccc3NC(=O)C2(C)C)cc1. The Labute approximate surface area is 186 Å². The van der Waals surface area contributed by atoms with Crippen LogP contribution in [0.15, 0.2) is 53.4 Å². The summed E-state index contributed by atoms with van der Waals surface area (Å²) in [6, 6.07) is 11.7. The van der Waals surface area contributed by atoms with Crippen LogP contribution in [0.25, 0.3) is 0 Å². The molecular formula is C22H25N3O6S. The van der Waals surface area contributed by atoms with Crippen LogP contribution in [0.4, 0.5) is 11.4 Å². The summed E-state index contributed by atoms with van der Waals surface area (Å²) in [6.07, 6.45) is 0. The monoisotopic (exact) mass is 459 g/mol. The second-order valence-electron chi connectivity index (χ2n) is 8.02. The molecule has 1 atom stereocenters. The van der Waals surface area contributed by atoms with Crippen LogP contribution in [0.2, 0.25) is 0 Å². The zero-order valence-electron chi connectivity index (χ0n) is 18.2. The number of carbonyl (C=O) groups is 3. The van der Waals surface area contributed by atoms with E-state index < -0.39 is 40.1 Å². The molecule has 3 rings (SSSR count). The summed E-state index contributed by atoms with van der Waals surface area (Å²) in [6.45, 7) is 5.66. The summed E-state index contributed by atoms with van der Waals surface area (Å²) in [5, 5.41) is 2.75. The number of benzene rings is 2. The molecule has 0 saturated carbocycles. The van der Waals surface area contributed by atoms with Crippen LogP contribution in [0.5, 0.6) is 0 Å². The van der Waals surface area contributed by atoms with Gasteiger partial charge in [-0.25, -0.2) is 8.42 Å². The number of para-hydroxylation sites is 2. The van der Waals surface area contributed by atoms with Gasteiger partial charge in [-0.05, 0) is 52.0 Å². The molecule has 1 aliphatic rings. The van der Waals surface area contributed by atoms with Gasteiger partial charge in [0.05, 0.1) is 16.3 Å². The minimum absolute atomic E-state index is 0.0107. The van der Waals surface area contributed by atoms with Gasteiger partial charge in [-0.3, -0.25) is 19.3 Å². The van der Waals surface area contributed by atoms with Crippen molar-refractivity contribution in [1.29, 1.82) is 0 Å². The van der Waals surface area contributed by atoms with Gasteiger partial charge in [0.25, 0.3) is 5.91 Å². The number of sulfonamides is 1. The number of rotatable bonds is 6. The molecule has 1 aliphatic heterocycles. The van der Waals surface area contributed by atoms with Gasteiger partial charge in [-0.1, -0.05) is 29.8 Å². The first-order valence-electron chi connectivity index (χ1n) is 9.92. The lowest BCUT2D eigenvalue weighted by Crippen LogP contribution is -2.59. The lowest BCUT2D eigenvalue weighted by Gasteiger charge is -2.41. The summed E-state index contributed by atoms with van der Waals surface area (Å²) in [4.78, 5) is 39.0. The third kappa shape index (κ3) is 4.66. The van der Waals surface area contributed by atoms with Gasteiger partial charge in [-0.15, -0.1) is 0 Å². The van der Waals surface area contributed by atoms with Gasteiger partial charge in [0.15, 0.2) is 6.61 Å². The molecule has 2 aromatic rings. The molecule has 0 radical (unpaired) electrons. The number of esters is 1. The number of nitrogens with zero attached hydrogens (tertiary/aromatic N) is 1. The zero-order chi connectivity index (χ0) is 23.7. The molecule has 2 aromatic carbocycles. The Morgan fingerprint density at radius 2 is 1.75 bits per heavy atom. The average molecular weight is 460 g/mol. The maximum absolute atomic E-state index is 12.9. The largest absolute Gasteiger partial charge is 0.454 e. The minimum Gasteiger partial charge on any atom is -0.454 e. The summed E-state index contributed by atoms with van der Waals surface area (Å²) in [7, 11) is -3.95. The number of fused-ring (bicyclic) bond motifs is 1. The first kappa shape index (κ1) is 23.4. The van der Waals surface area contributed by atoms with E-state index in [2.05, 4.69) is 10.0 Å². The van der Waals surface area contributed by atoms with E-state index in [1.165, 1.54) is 24.0 Å². The molecule has 2 amide bonds. The molecule has 32 heavy (non-hydrogen) atoms. The van der Waals surface area contributed by atoms with Crippen LogP contribution in [0.3, 0.4) is 0 Å². The first-order chi connectivity index (χ1) is 14.9. The first-order valence-corrected chi connectivity index (χ1v) is 11.4. The molecule has 2 N–H and O–H groups in total. The second-order valence-corrected chi connectivity index (χ2v) is 9.74. The maximum Gasteiger partial charge on any atom is 0.324 e. The van der Waals surface area contributed by atoms with E-state index in [1.54, 1.807) is 50.2 Å². The number of amides is 2. The normalized spacial score (nSPS) is 16.0. The fourth-order valence-electron chi connectivity index (χ4n) is 3.29. The van der Waals surface area contributed by atoms with Crippen molar-refractivity contribution in [2.75, 3.05) is 16.8 Å². The van der Waals surface area contributed by atoms with Crippen molar-refractivity contribution in [1.82, 2.24) is 4.72 Å². The molecule has 0 bridgehead atoms. The highest BCUT2D eigenvalue weighted by molar-refractivity contribution is 7.89. The summed E-state index contributed by atoms with van der Waals surface area (Å²) < 4.78 is 32.2. The van der Waals surface area contributed by atoms with E-state index in [9.17, 15) is 22.8 Å². The summed E-state index contributed by atoms with van der Waals surface area (Å²) in [5.74, 6) is -1.91. The third-order valence-electron chi connectivity index (χ3n) is 5.11. The molecule has 0 unspecified atom stereocenters. The van der Waals surface area contributed by atoms with Crippen LogP contribution in [0, 0.1) is 6.92 Å². The zero-order valence-corrected chi connectivity index (χ0v) is 19.0. The van der Waals surface area contributed by atoms with Gasteiger partial charge >= 0.3 is 5.97 Å². The smallest absolute Gasteiger partial charge is 0.324 e. The van der Waals surface area contributed by atoms with Gasteiger partial charge in [0, 0.05) is 0 Å². The topological polar surface area (TPSA) is 122 Å². The fraction of sp³-hybridized carbons (Fsp3) is 0.318. The Morgan fingerprint density at radius 3 is 2.41 bits per heavy atom. The van der Waals surface area contributed by atoms with E-state index in [-0.39, 0.29) is 10.8 Å². The van der Waals surface area contributed by atoms with Crippen molar-refractivity contribution in [3.05, 3.63) is 54.1 Å². The molecule has 1 heterocycles. The van der Waals surface area contributed by atoms with Gasteiger partial charge in [0.1, 0.15) is 11.6 Å². The van der Waals surface area contributed by atoms with E-state index >= 15 is 0 Å². The molecule has 170 valence electrons. The van der Waals surface area contributed by atoms with E-state index in [0.29, 0.717) is 11.4 Å². The quantitative estimate of drug-likeness (QED) is 0.637. The number of hydrogen-bond acceptors (Lipinski definition) is 6. The van der Waals surface area contributed by atoms with Crippen LogP contribution >= 0.6 is 0 Å². The van der Waals surface area contributed by atoms with Crippen molar-refractivity contribution < 1.29 is 27.5 Å².